The minimum Gasteiger partial charge on any atom is -0.432 e. The highest BCUT2D eigenvalue weighted by atomic mass is 28.4. The van der Waals surface area contributed by atoms with Crippen LogP contribution in [0.4, 0.5) is 0 Å². The maximum absolute atomic E-state index is 11.2. The van der Waals surface area contributed by atoms with E-state index < -0.39 is 27.7 Å². The van der Waals surface area contributed by atoms with E-state index in [-0.39, 0.29) is 0 Å². The van der Waals surface area contributed by atoms with E-state index in [0.29, 0.717) is 5.56 Å². The molecular weight excluding hydrogens is 288 g/mol. The van der Waals surface area contributed by atoms with Crippen molar-refractivity contribution >= 4 is 16.9 Å². The van der Waals surface area contributed by atoms with Crippen molar-refractivity contribution in [2.24, 2.45) is 0 Å². The van der Waals surface area contributed by atoms with E-state index >= 15 is 0 Å². The summed E-state index contributed by atoms with van der Waals surface area (Å²) in [5, 5.41) is 10.3. The molecule has 1 atom stereocenters. The van der Waals surface area contributed by atoms with Crippen LogP contribution in [0.1, 0.15) is 19.4 Å². The van der Waals surface area contributed by atoms with Gasteiger partial charge in [0.1, 0.15) is 0 Å². The monoisotopic (exact) mass is 314 g/mol. The standard InChI is InChI=1S/C14H26O4Si2/c1-13(2,19(3,4)16)14(15,18-20(5,6)17)12-10-8-7-9-11-12/h7-11,15-17H,1-6H3. The van der Waals surface area contributed by atoms with Gasteiger partial charge in [-0.1, -0.05) is 44.2 Å². The van der Waals surface area contributed by atoms with Crippen LogP contribution in [0.5, 0.6) is 0 Å². The molecule has 1 unspecified atom stereocenters. The lowest BCUT2D eigenvalue weighted by Gasteiger charge is -2.49. The highest BCUT2D eigenvalue weighted by molar-refractivity contribution is 6.73. The van der Waals surface area contributed by atoms with Crippen LogP contribution < -0.4 is 0 Å². The average Bonchev–Trinajstić information content (AvgIpc) is 2.26. The Balaban J connectivity index is 3.44. The van der Waals surface area contributed by atoms with Crippen LogP contribution in [-0.4, -0.2) is 31.6 Å². The van der Waals surface area contributed by atoms with Crippen molar-refractivity contribution in [1.29, 1.82) is 0 Å². The molecule has 0 amide bonds. The minimum absolute atomic E-state index is 0.550. The fourth-order valence-electron chi connectivity index (χ4n) is 1.99. The molecule has 4 nitrogen and oxygen atoms in total. The Morgan fingerprint density at radius 3 is 1.75 bits per heavy atom. The summed E-state index contributed by atoms with van der Waals surface area (Å²) in [6, 6.07) is 8.96. The van der Waals surface area contributed by atoms with Crippen molar-refractivity contribution in [2.75, 3.05) is 0 Å². The molecule has 0 heterocycles. The zero-order chi connectivity index (χ0) is 15.8. The normalized spacial score (nSPS) is 16.9. The maximum Gasteiger partial charge on any atom is 0.331 e. The number of rotatable bonds is 5. The van der Waals surface area contributed by atoms with E-state index in [1.807, 2.05) is 6.07 Å². The van der Waals surface area contributed by atoms with Crippen molar-refractivity contribution in [3.63, 3.8) is 0 Å². The summed E-state index contributed by atoms with van der Waals surface area (Å²) in [7, 11) is -5.77. The molecule has 3 N–H and O–H groups in total. The molecule has 0 aromatic heterocycles. The molecule has 1 aromatic carbocycles. The molecule has 6 heteroatoms. The Morgan fingerprint density at radius 2 is 1.40 bits per heavy atom. The van der Waals surface area contributed by atoms with Gasteiger partial charge in [-0.3, -0.25) is 0 Å². The Hall–Kier alpha value is -0.506. The minimum atomic E-state index is -3.00. The van der Waals surface area contributed by atoms with Gasteiger partial charge in [-0.05, 0) is 26.2 Å². The molecule has 0 radical (unpaired) electrons. The molecule has 20 heavy (non-hydrogen) atoms. The van der Waals surface area contributed by atoms with E-state index in [2.05, 4.69) is 0 Å². The van der Waals surface area contributed by atoms with Gasteiger partial charge in [-0.25, -0.2) is 0 Å². The van der Waals surface area contributed by atoms with Gasteiger partial charge < -0.3 is 19.1 Å². The van der Waals surface area contributed by atoms with Gasteiger partial charge >= 0.3 is 8.56 Å². The largest absolute Gasteiger partial charge is 0.432 e. The summed E-state index contributed by atoms with van der Waals surface area (Å²) in [6.07, 6.45) is 0. The van der Waals surface area contributed by atoms with Crippen molar-refractivity contribution in [1.82, 2.24) is 0 Å². The molecule has 0 fully saturated rings. The fourth-order valence-corrected chi connectivity index (χ4v) is 4.21. The summed E-state index contributed by atoms with van der Waals surface area (Å²) >= 11 is 0. The summed E-state index contributed by atoms with van der Waals surface area (Å²) < 4.78 is 5.73. The summed E-state index contributed by atoms with van der Waals surface area (Å²) in [5.74, 6) is -1.72. The van der Waals surface area contributed by atoms with Crippen molar-refractivity contribution in [3.8, 4) is 0 Å². The van der Waals surface area contributed by atoms with Crippen molar-refractivity contribution in [2.45, 2.75) is 50.9 Å². The SMILES string of the molecule is CC(C)(C(O)(O[Si](C)(C)O)c1ccccc1)[Si](C)(C)O. The van der Waals surface area contributed by atoms with Crippen LogP contribution in [0.2, 0.25) is 31.2 Å². The Kier molecular flexibility index (Phi) is 4.70. The molecule has 0 saturated carbocycles. The molecule has 0 aliphatic heterocycles. The molecule has 1 aromatic rings. The average molecular weight is 315 g/mol. The smallest absolute Gasteiger partial charge is 0.331 e. The van der Waals surface area contributed by atoms with Gasteiger partial charge in [0.05, 0.1) is 0 Å². The zero-order valence-electron chi connectivity index (χ0n) is 13.1. The molecule has 0 saturated heterocycles. The van der Waals surface area contributed by atoms with Gasteiger partial charge in [0.2, 0.25) is 0 Å². The zero-order valence-corrected chi connectivity index (χ0v) is 15.1. The Bertz CT molecular complexity index is 448. The number of benzene rings is 1. The topological polar surface area (TPSA) is 69.9 Å². The van der Waals surface area contributed by atoms with Crippen LogP contribution in [0.15, 0.2) is 30.3 Å². The van der Waals surface area contributed by atoms with E-state index in [1.54, 1.807) is 64.3 Å². The molecule has 0 bridgehead atoms. The first kappa shape index (κ1) is 17.5. The summed E-state index contributed by atoms with van der Waals surface area (Å²) in [5.41, 5.74) is 0.550. The lowest BCUT2D eigenvalue weighted by molar-refractivity contribution is -0.191. The lowest BCUT2D eigenvalue weighted by atomic mass is 9.93. The van der Waals surface area contributed by atoms with Gasteiger partial charge in [0.15, 0.2) is 14.1 Å². The predicted octanol–water partition coefficient (Wildman–Crippen LogP) is 2.52. The first-order valence-electron chi connectivity index (χ1n) is 6.74. The molecule has 0 aliphatic carbocycles. The van der Waals surface area contributed by atoms with Gasteiger partial charge in [0, 0.05) is 10.6 Å². The third-order valence-electron chi connectivity index (χ3n) is 3.94. The Morgan fingerprint density at radius 1 is 0.950 bits per heavy atom. The van der Waals surface area contributed by atoms with Gasteiger partial charge in [-0.2, -0.15) is 0 Å². The first-order chi connectivity index (χ1) is 8.81. The van der Waals surface area contributed by atoms with Crippen molar-refractivity contribution < 1.29 is 19.1 Å². The maximum atomic E-state index is 11.2. The van der Waals surface area contributed by atoms with Crippen LogP contribution in [0.25, 0.3) is 0 Å². The molecular formula is C14H26O4Si2. The van der Waals surface area contributed by atoms with E-state index in [9.17, 15) is 14.7 Å². The highest BCUT2D eigenvalue weighted by Gasteiger charge is 2.57. The molecule has 0 spiro atoms. The first-order valence-corrected chi connectivity index (χ1v) is 12.5. The molecule has 1 rings (SSSR count). The lowest BCUT2D eigenvalue weighted by Crippen LogP contribution is -2.57. The third kappa shape index (κ3) is 3.39. The fraction of sp³-hybridized carbons (Fsp3) is 0.571. The highest BCUT2D eigenvalue weighted by Crippen LogP contribution is 2.52. The van der Waals surface area contributed by atoms with Gasteiger partial charge in [0.25, 0.3) is 0 Å². The number of hydrogen-bond donors (Lipinski definition) is 3. The molecule has 0 aliphatic rings. The van der Waals surface area contributed by atoms with Crippen LogP contribution in [0.3, 0.4) is 0 Å². The third-order valence-corrected chi connectivity index (χ3v) is 8.13. The van der Waals surface area contributed by atoms with Gasteiger partial charge in [-0.15, -0.1) is 0 Å². The van der Waals surface area contributed by atoms with E-state index in [0.717, 1.165) is 0 Å². The van der Waals surface area contributed by atoms with Crippen LogP contribution in [-0.2, 0) is 10.2 Å². The van der Waals surface area contributed by atoms with E-state index in [4.69, 9.17) is 4.43 Å². The summed E-state index contributed by atoms with van der Waals surface area (Å²) in [4.78, 5) is 20.7. The van der Waals surface area contributed by atoms with Crippen molar-refractivity contribution in [3.05, 3.63) is 35.9 Å². The predicted molar refractivity (Wildman–Crippen MR) is 84.9 cm³/mol. The van der Waals surface area contributed by atoms with Crippen LogP contribution >= 0.6 is 0 Å². The Labute approximate surface area is 123 Å². The number of hydrogen-bond acceptors (Lipinski definition) is 4. The second-order valence-electron chi connectivity index (χ2n) is 6.74. The number of aliphatic hydroxyl groups is 1. The summed E-state index contributed by atoms with van der Waals surface area (Å²) in [6.45, 7) is 10.3. The quantitative estimate of drug-likeness (QED) is 0.577. The second-order valence-corrected chi connectivity index (χ2v) is 14.2. The second kappa shape index (κ2) is 5.36. The molecule has 114 valence electrons. The van der Waals surface area contributed by atoms with E-state index in [1.165, 1.54) is 0 Å². The van der Waals surface area contributed by atoms with Crippen LogP contribution in [0, 0.1) is 0 Å².